The van der Waals surface area contributed by atoms with Crippen molar-refractivity contribution in [1.29, 1.82) is 0 Å². The van der Waals surface area contributed by atoms with E-state index in [9.17, 15) is 0 Å². The highest BCUT2D eigenvalue weighted by atomic mass is 32.2. The molecule has 1 aliphatic heterocycles. The predicted molar refractivity (Wildman–Crippen MR) is 73.1 cm³/mol. The van der Waals surface area contributed by atoms with Crippen molar-refractivity contribution >= 4 is 11.8 Å². The summed E-state index contributed by atoms with van der Waals surface area (Å²) in [4.78, 5) is 0. The Balaban J connectivity index is 1.90. The highest BCUT2D eigenvalue weighted by Gasteiger charge is 2.13. The van der Waals surface area contributed by atoms with Gasteiger partial charge in [-0.25, -0.2) is 0 Å². The van der Waals surface area contributed by atoms with Gasteiger partial charge in [-0.05, 0) is 50.9 Å². The van der Waals surface area contributed by atoms with Gasteiger partial charge in [0.25, 0.3) is 0 Å². The van der Waals surface area contributed by atoms with Gasteiger partial charge in [0, 0.05) is 11.0 Å². The summed E-state index contributed by atoms with van der Waals surface area (Å²) in [7, 11) is 0. The third-order valence-corrected chi connectivity index (χ3v) is 4.69. The largest absolute Gasteiger partial charge is 0.317 e. The van der Waals surface area contributed by atoms with Crippen LogP contribution in [-0.4, -0.2) is 18.3 Å². The second kappa shape index (κ2) is 5.74. The van der Waals surface area contributed by atoms with E-state index in [4.69, 9.17) is 0 Å². The van der Waals surface area contributed by atoms with E-state index in [-0.39, 0.29) is 0 Å². The van der Waals surface area contributed by atoms with Crippen LogP contribution in [0.5, 0.6) is 0 Å². The van der Waals surface area contributed by atoms with Gasteiger partial charge in [0.1, 0.15) is 0 Å². The van der Waals surface area contributed by atoms with E-state index in [1.54, 1.807) is 0 Å². The van der Waals surface area contributed by atoms with Crippen LogP contribution in [0.3, 0.4) is 0 Å². The maximum Gasteiger partial charge on any atom is 0.0190 e. The average molecular weight is 235 g/mol. The van der Waals surface area contributed by atoms with E-state index >= 15 is 0 Å². The normalized spacial score (nSPS) is 17.6. The molecule has 0 radical (unpaired) electrons. The number of nitrogens with one attached hydrogen (secondary N) is 1. The van der Waals surface area contributed by atoms with Gasteiger partial charge in [0.05, 0.1) is 0 Å². The van der Waals surface area contributed by atoms with Crippen LogP contribution in [0.15, 0.2) is 18.2 Å². The maximum absolute atomic E-state index is 3.42. The van der Waals surface area contributed by atoms with Crippen LogP contribution in [0.25, 0.3) is 0 Å². The van der Waals surface area contributed by atoms with E-state index in [0.717, 1.165) is 5.25 Å². The van der Waals surface area contributed by atoms with E-state index in [1.165, 1.54) is 48.4 Å². The van der Waals surface area contributed by atoms with E-state index in [1.807, 2.05) is 0 Å². The fourth-order valence-electron chi connectivity index (χ4n) is 2.13. The van der Waals surface area contributed by atoms with Gasteiger partial charge in [0.15, 0.2) is 0 Å². The summed E-state index contributed by atoms with van der Waals surface area (Å²) in [6, 6.07) is 6.78. The Kier molecular flexibility index (Phi) is 4.30. The molecule has 1 aromatic rings. The van der Waals surface area contributed by atoms with Crippen molar-refractivity contribution in [3.8, 4) is 0 Å². The molecular weight excluding hydrogens is 214 g/mol. The Labute approximate surface area is 103 Å². The SMILES string of the molecule is Cc1ccc(C)c(CSC2CCNCC2)c1. The predicted octanol–water partition coefficient (Wildman–Crippen LogP) is 3.29. The highest BCUT2D eigenvalue weighted by molar-refractivity contribution is 7.99. The van der Waals surface area contributed by atoms with Gasteiger partial charge in [0.2, 0.25) is 0 Å². The topological polar surface area (TPSA) is 12.0 Å². The van der Waals surface area contributed by atoms with Crippen molar-refractivity contribution in [3.63, 3.8) is 0 Å². The Morgan fingerprint density at radius 2 is 2.00 bits per heavy atom. The Bertz CT molecular complexity index is 343. The molecule has 0 amide bonds. The summed E-state index contributed by atoms with van der Waals surface area (Å²) in [5.41, 5.74) is 4.34. The molecular formula is C14H21NS. The van der Waals surface area contributed by atoms with E-state index in [0.29, 0.717) is 0 Å². The van der Waals surface area contributed by atoms with E-state index in [2.05, 4.69) is 49.1 Å². The zero-order valence-electron chi connectivity index (χ0n) is 10.3. The Morgan fingerprint density at radius 3 is 2.75 bits per heavy atom. The molecule has 88 valence electrons. The first kappa shape index (κ1) is 12.0. The molecule has 2 heteroatoms. The van der Waals surface area contributed by atoms with Crippen molar-refractivity contribution in [2.24, 2.45) is 0 Å². The minimum atomic E-state index is 0.862. The molecule has 16 heavy (non-hydrogen) atoms. The number of aryl methyl sites for hydroxylation is 2. The first-order chi connectivity index (χ1) is 7.75. The van der Waals surface area contributed by atoms with Crippen LogP contribution in [-0.2, 0) is 5.75 Å². The van der Waals surface area contributed by atoms with Crippen LogP contribution in [0.2, 0.25) is 0 Å². The molecule has 1 heterocycles. The van der Waals surface area contributed by atoms with E-state index < -0.39 is 0 Å². The minimum absolute atomic E-state index is 0.862. The molecule has 0 aromatic heterocycles. The molecule has 1 aromatic carbocycles. The van der Waals surface area contributed by atoms with Gasteiger partial charge in [-0.15, -0.1) is 0 Å². The van der Waals surface area contributed by atoms with Crippen LogP contribution < -0.4 is 5.32 Å². The molecule has 1 fully saturated rings. The van der Waals surface area contributed by atoms with Crippen molar-refractivity contribution in [3.05, 3.63) is 34.9 Å². The molecule has 0 atom stereocenters. The zero-order chi connectivity index (χ0) is 11.4. The van der Waals surface area contributed by atoms with Gasteiger partial charge in [-0.1, -0.05) is 23.8 Å². The van der Waals surface area contributed by atoms with Gasteiger partial charge >= 0.3 is 0 Å². The van der Waals surface area contributed by atoms with Crippen LogP contribution >= 0.6 is 11.8 Å². The third-order valence-electron chi connectivity index (χ3n) is 3.27. The molecule has 0 spiro atoms. The van der Waals surface area contributed by atoms with Crippen molar-refractivity contribution < 1.29 is 0 Å². The quantitative estimate of drug-likeness (QED) is 0.863. The lowest BCUT2D eigenvalue weighted by Crippen LogP contribution is -2.29. The molecule has 2 rings (SSSR count). The summed E-state index contributed by atoms with van der Waals surface area (Å²) in [6.07, 6.45) is 2.66. The molecule has 0 aliphatic carbocycles. The fourth-order valence-corrected chi connectivity index (χ4v) is 3.42. The second-order valence-electron chi connectivity index (χ2n) is 4.69. The number of hydrogen-bond donors (Lipinski definition) is 1. The van der Waals surface area contributed by atoms with Crippen LogP contribution in [0, 0.1) is 13.8 Å². The molecule has 0 bridgehead atoms. The zero-order valence-corrected chi connectivity index (χ0v) is 11.1. The first-order valence-electron chi connectivity index (χ1n) is 6.14. The molecule has 1 nitrogen and oxygen atoms in total. The molecule has 1 aliphatic rings. The monoisotopic (exact) mass is 235 g/mol. The number of benzene rings is 1. The van der Waals surface area contributed by atoms with Crippen molar-refractivity contribution in [2.45, 2.75) is 37.7 Å². The number of piperidine rings is 1. The summed E-state index contributed by atoms with van der Waals surface area (Å²) in [6.45, 7) is 6.80. The smallest absolute Gasteiger partial charge is 0.0190 e. The number of hydrogen-bond acceptors (Lipinski definition) is 2. The van der Waals surface area contributed by atoms with Crippen LogP contribution in [0.4, 0.5) is 0 Å². The number of rotatable bonds is 3. The van der Waals surface area contributed by atoms with Crippen LogP contribution in [0.1, 0.15) is 29.5 Å². The summed E-state index contributed by atoms with van der Waals surface area (Å²) < 4.78 is 0. The minimum Gasteiger partial charge on any atom is -0.317 e. The van der Waals surface area contributed by atoms with Gasteiger partial charge in [-0.3, -0.25) is 0 Å². The summed E-state index contributed by atoms with van der Waals surface area (Å²) >= 11 is 2.13. The molecule has 1 saturated heterocycles. The highest BCUT2D eigenvalue weighted by Crippen LogP contribution is 2.26. The Morgan fingerprint density at radius 1 is 1.25 bits per heavy atom. The van der Waals surface area contributed by atoms with Crippen molar-refractivity contribution in [1.82, 2.24) is 5.32 Å². The maximum atomic E-state index is 3.42. The second-order valence-corrected chi connectivity index (χ2v) is 5.98. The standard InChI is InChI=1S/C14H21NS/c1-11-3-4-12(2)13(9-11)10-16-14-5-7-15-8-6-14/h3-4,9,14-15H,5-8,10H2,1-2H3. The van der Waals surface area contributed by atoms with Crippen molar-refractivity contribution in [2.75, 3.05) is 13.1 Å². The Hall–Kier alpha value is -0.470. The lowest BCUT2D eigenvalue weighted by molar-refractivity contribution is 0.531. The van der Waals surface area contributed by atoms with Gasteiger partial charge in [-0.2, -0.15) is 11.8 Å². The molecule has 0 saturated carbocycles. The first-order valence-corrected chi connectivity index (χ1v) is 7.19. The molecule has 1 N–H and O–H groups in total. The summed E-state index contributed by atoms with van der Waals surface area (Å²) in [5.74, 6) is 1.18. The lowest BCUT2D eigenvalue weighted by Gasteiger charge is -2.22. The van der Waals surface area contributed by atoms with Gasteiger partial charge < -0.3 is 5.32 Å². The summed E-state index contributed by atoms with van der Waals surface area (Å²) in [5, 5.41) is 4.28. The molecule has 0 unspecified atom stereocenters. The fraction of sp³-hybridized carbons (Fsp3) is 0.571. The average Bonchev–Trinajstić information content (AvgIpc) is 2.32. The third kappa shape index (κ3) is 3.26. The lowest BCUT2D eigenvalue weighted by atomic mass is 10.1. The number of thioether (sulfide) groups is 1.